The second-order valence-electron chi connectivity index (χ2n) is 3.52. The molecule has 0 heterocycles. The number of carbonyl (C=O) groups is 1. The van der Waals surface area contributed by atoms with E-state index in [1.165, 1.54) is 0 Å². The zero-order chi connectivity index (χ0) is 12.1. The van der Waals surface area contributed by atoms with E-state index in [4.69, 9.17) is 4.74 Å². The highest BCUT2D eigenvalue weighted by molar-refractivity contribution is 9.09. The van der Waals surface area contributed by atoms with Gasteiger partial charge in [0, 0.05) is 0 Å². The molecule has 0 spiro atoms. The van der Waals surface area contributed by atoms with Crippen LogP contribution in [0.1, 0.15) is 10.4 Å². The Kier molecular flexibility index (Phi) is 3.94. The van der Waals surface area contributed by atoms with Crippen LogP contribution in [0.3, 0.4) is 0 Å². The molecular weight excluding hydrogens is 280 g/mol. The number of hydrogen-bond donors (Lipinski definition) is 0. The van der Waals surface area contributed by atoms with E-state index < -0.39 is 0 Å². The van der Waals surface area contributed by atoms with Crippen molar-refractivity contribution in [3.05, 3.63) is 60.2 Å². The van der Waals surface area contributed by atoms with Crippen molar-refractivity contribution in [1.29, 1.82) is 0 Å². The molecular formula is C14H11BrO2. The minimum atomic E-state index is -0.256. The average Bonchev–Trinajstić information content (AvgIpc) is 2.40. The fourth-order valence-corrected chi connectivity index (χ4v) is 1.73. The first-order chi connectivity index (χ1) is 8.29. The molecule has 2 nitrogen and oxygen atoms in total. The van der Waals surface area contributed by atoms with Crippen molar-refractivity contribution in [3.8, 4) is 11.5 Å². The zero-order valence-corrected chi connectivity index (χ0v) is 10.6. The summed E-state index contributed by atoms with van der Waals surface area (Å²) < 4.78 is 5.64. The second-order valence-corrected chi connectivity index (χ2v) is 4.51. The fraction of sp³-hybridized carbons (Fsp3) is 0.0714. The Morgan fingerprint density at radius 3 is 2.12 bits per heavy atom. The summed E-state index contributed by atoms with van der Waals surface area (Å²) in [5.41, 5.74) is 0.917. The van der Waals surface area contributed by atoms with Crippen molar-refractivity contribution in [2.24, 2.45) is 0 Å². The van der Waals surface area contributed by atoms with Crippen LogP contribution in [0.2, 0.25) is 0 Å². The molecule has 0 saturated heterocycles. The summed E-state index contributed by atoms with van der Waals surface area (Å²) in [4.78, 5) is 10.3. The van der Waals surface area contributed by atoms with Gasteiger partial charge in [0.05, 0.1) is 4.83 Å². The van der Waals surface area contributed by atoms with E-state index in [1.54, 1.807) is 0 Å². The molecule has 0 aromatic heterocycles. The highest BCUT2D eigenvalue weighted by atomic mass is 79.9. The number of benzene rings is 2. The van der Waals surface area contributed by atoms with Gasteiger partial charge in [0.25, 0.3) is 0 Å². The predicted octanol–water partition coefficient (Wildman–Crippen LogP) is 4.11. The van der Waals surface area contributed by atoms with E-state index in [9.17, 15) is 4.79 Å². The Balaban J connectivity index is 2.11. The molecule has 17 heavy (non-hydrogen) atoms. The molecule has 2 aromatic rings. The Morgan fingerprint density at radius 2 is 1.53 bits per heavy atom. The van der Waals surface area contributed by atoms with Gasteiger partial charge in [0.2, 0.25) is 0 Å². The van der Waals surface area contributed by atoms with Crippen LogP contribution in [0.5, 0.6) is 11.5 Å². The zero-order valence-electron chi connectivity index (χ0n) is 9.05. The number of halogens is 1. The number of aldehydes is 1. The molecule has 0 radical (unpaired) electrons. The highest BCUT2D eigenvalue weighted by Crippen LogP contribution is 2.25. The Labute approximate surface area is 108 Å². The summed E-state index contributed by atoms with van der Waals surface area (Å²) in [6.07, 6.45) is 0.854. The lowest BCUT2D eigenvalue weighted by Gasteiger charge is -2.07. The van der Waals surface area contributed by atoms with E-state index >= 15 is 0 Å². The maximum atomic E-state index is 10.6. The van der Waals surface area contributed by atoms with Crippen molar-refractivity contribution < 1.29 is 9.53 Å². The average molecular weight is 291 g/mol. The molecule has 2 aromatic carbocycles. The third-order valence-electron chi connectivity index (χ3n) is 2.30. The number of alkyl halides is 1. The first kappa shape index (κ1) is 11.9. The first-order valence-corrected chi connectivity index (χ1v) is 6.13. The topological polar surface area (TPSA) is 26.3 Å². The quantitative estimate of drug-likeness (QED) is 0.626. The van der Waals surface area contributed by atoms with Crippen LogP contribution >= 0.6 is 15.9 Å². The van der Waals surface area contributed by atoms with E-state index in [-0.39, 0.29) is 4.83 Å². The van der Waals surface area contributed by atoms with Gasteiger partial charge in [-0.25, -0.2) is 0 Å². The summed E-state index contributed by atoms with van der Waals surface area (Å²) in [5, 5.41) is 0. The number of para-hydroxylation sites is 1. The largest absolute Gasteiger partial charge is 0.457 e. The molecule has 0 N–H and O–H groups in total. The van der Waals surface area contributed by atoms with E-state index in [2.05, 4.69) is 15.9 Å². The van der Waals surface area contributed by atoms with Gasteiger partial charge >= 0.3 is 0 Å². The van der Waals surface area contributed by atoms with Crippen molar-refractivity contribution in [3.63, 3.8) is 0 Å². The third kappa shape index (κ3) is 3.17. The molecule has 1 atom stereocenters. The maximum Gasteiger partial charge on any atom is 0.138 e. The van der Waals surface area contributed by atoms with Crippen LogP contribution in [-0.4, -0.2) is 6.29 Å². The van der Waals surface area contributed by atoms with E-state index in [0.29, 0.717) is 0 Å². The molecule has 0 aliphatic heterocycles. The molecule has 0 fully saturated rings. The SMILES string of the molecule is O=C[C@@H](Br)c1ccc(Oc2ccccc2)cc1. The first-order valence-electron chi connectivity index (χ1n) is 5.22. The van der Waals surface area contributed by atoms with Gasteiger partial charge in [-0.1, -0.05) is 46.3 Å². The van der Waals surface area contributed by atoms with E-state index in [0.717, 1.165) is 23.3 Å². The Hall–Kier alpha value is -1.61. The van der Waals surface area contributed by atoms with Gasteiger partial charge in [-0.15, -0.1) is 0 Å². The normalized spacial score (nSPS) is 11.8. The number of rotatable bonds is 4. The van der Waals surface area contributed by atoms with Gasteiger partial charge < -0.3 is 9.53 Å². The lowest BCUT2D eigenvalue weighted by molar-refractivity contribution is -0.107. The molecule has 0 aliphatic carbocycles. The third-order valence-corrected chi connectivity index (χ3v) is 3.04. The van der Waals surface area contributed by atoms with Crippen molar-refractivity contribution >= 4 is 22.2 Å². The van der Waals surface area contributed by atoms with Crippen LogP contribution in [0.25, 0.3) is 0 Å². The predicted molar refractivity (Wildman–Crippen MR) is 70.7 cm³/mol. The smallest absolute Gasteiger partial charge is 0.138 e. The molecule has 2 rings (SSSR count). The summed E-state index contributed by atoms with van der Waals surface area (Å²) in [6, 6.07) is 17.0. The fourth-order valence-electron chi connectivity index (χ4n) is 1.42. The monoisotopic (exact) mass is 290 g/mol. The van der Waals surface area contributed by atoms with E-state index in [1.807, 2.05) is 54.6 Å². The molecule has 0 saturated carbocycles. The molecule has 3 heteroatoms. The highest BCUT2D eigenvalue weighted by Gasteiger charge is 2.05. The molecule has 0 bridgehead atoms. The van der Waals surface area contributed by atoms with Crippen molar-refractivity contribution in [1.82, 2.24) is 0 Å². The summed E-state index contributed by atoms with van der Waals surface area (Å²) in [7, 11) is 0. The molecule has 0 aliphatic rings. The van der Waals surface area contributed by atoms with Gasteiger partial charge in [-0.2, -0.15) is 0 Å². The number of hydrogen-bond acceptors (Lipinski definition) is 2. The molecule has 86 valence electrons. The van der Waals surface area contributed by atoms with Crippen molar-refractivity contribution in [2.75, 3.05) is 0 Å². The standard InChI is InChI=1S/C14H11BrO2/c15-14(10-16)11-6-8-13(9-7-11)17-12-4-2-1-3-5-12/h1-10,14H/t14-/m1/s1. The summed E-state index contributed by atoms with van der Waals surface area (Å²) in [6.45, 7) is 0. The van der Waals surface area contributed by atoms with Gasteiger partial charge in [0.15, 0.2) is 0 Å². The van der Waals surface area contributed by atoms with Crippen LogP contribution in [0.4, 0.5) is 0 Å². The van der Waals surface area contributed by atoms with Gasteiger partial charge in [0.1, 0.15) is 17.8 Å². The lowest BCUT2D eigenvalue weighted by atomic mass is 10.1. The van der Waals surface area contributed by atoms with Crippen LogP contribution in [-0.2, 0) is 4.79 Å². The van der Waals surface area contributed by atoms with Gasteiger partial charge in [-0.05, 0) is 29.8 Å². The Morgan fingerprint density at radius 1 is 0.941 bits per heavy atom. The minimum absolute atomic E-state index is 0.256. The molecule has 0 unspecified atom stereocenters. The molecule has 0 amide bonds. The van der Waals surface area contributed by atoms with Crippen molar-refractivity contribution in [2.45, 2.75) is 4.83 Å². The Bertz CT molecular complexity index is 479. The van der Waals surface area contributed by atoms with Crippen LogP contribution in [0.15, 0.2) is 54.6 Å². The second kappa shape index (κ2) is 5.64. The number of ether oxygens (including phenoxy) is 1. The van der Waals surface area contributed by atoms with Gasteiger partial charge in [-0.3, -0.25) is 0 Å². The lowest BCUT2D eigenvalue weighted by Crippen LogP contribution is -1.90. The van der Waals surface area contributed by atoms with Crippen LogP contribution in [0, 0.1) is 0 Å². The number of carbonyl (C=O) groups excluding carboxylic acids is 1. The van der Waals surface area contributed by atoms with Crippen LogP contribution < -0.4 is 4.74 Å². The summed E-state index contributed by atoms with van der Waals surface area (Å²) in [5.74, 6) is 1.55. The summed E-state index contributed by atoms with van der Waals surface area (Å²) >= 11 is 3.27. The maximum absolute atomic E-state index is 10.6. The minimum Gasteiger partial charge on any atom is -0.457 e.